The number of rotatable bonds is 15. The van der Waals surface area contributed by atoms with E-state index in [1.165, 1.54) is 95.6 Å². The molecule has 1 aliphatic heterocycles. The minimum absolute atomic E-state index is 0.345. The molecular weight excluding hydrogens is 372 g/mol. The van der Waals surface area contributed by atoms with Crippen LogP contribution in [-0.2, 0) is 4.79 Å². The summed E-state index contributed by atoms with van der Waals surface area (Å²) in [6.45, 7) is 3.48. The fourth-order valence-electron chi connectivity index (χ4n) is 4.20. The van der Waals surface area contributed by atoms with E-state index in [2.05, 4.69) is 29.9 Å². The maximum absolute atomic E-state index is 10.3. The minimum atomic E-state index is -0.655. The first-order valence-corrected chi connectivity index (χ1v) is 12.5. The van der Waals surface area contributed by atoms with Gasteiger partial charge in [0.05, 0.1) is 0 Å². The van der Waals surface area contributed by atoms with E-state index in [1.807, 2.05) is 18.5 Å². The number of carbonyl (C=O) groups is 1. The van der Waals surface area contributed by atoms with E-state index in [-0.39, 0.29) is 0 Å². The lowest BCUT2D eigenvalue weighted by Crippen LogP contribution is -2.17. The average Bonchev–Trinajstić information content (AvgIpc) is 3.18. The Labute approximate surface area is 185 Å². The second-order valence-corrected chi connectivity index (χ2v) is 8.81. The molecule has 0 radical (unpaired) electrons. The molecule has 0 saturated carbocycles. The monoisotopic (exact) mass is 418 g/mol. The van der Waals surface area contributed by atoms with Gasteiger partial charge in [-0.25, -0.2) is 0 Å². The van der Waals surface area contributed by atoms with Gasteiger partial charge in [-0.1, -0.05) is 90.0 Å². The summed E-state index contributed by atoms with van der Waals surface area (Å²) in [4.78, 5) is 16.8. The number of aliphatic carboxylic acids is 1. The Balaban J connectivity index is 0.000000321. The molecule has 2 heterocycles. The number of carboxylic acid groups (broad SMARTS) is 1. The number of pyridine rings is 1. The molecule has 2 rings (SSSR count). The van der Waals surface area contributed by atoms with Crippen LogP contribution in [-0.4, -0.2) is 34.6 Å². The third-order valence-corrected chi connectivity index (χ3v) is 6.08. The number of nitrogens with zero attached hydrogens (tertiary/aromatic N) is 2. The summed E-state index contributed by atoms with van der Waals surface area (Å²) in [5.41, 5.74) is 1.36. The van der Waals surface area contributed by atoms with Crippen molar-refractivity contribution in [2.24, 2.45) is 0 Å². The Morgan fingerprint density at radius 2 is 1.57 bits per heavy atom. The number of carboxylic acids is 1. The highest BCUT2D eigenvalue weighted by Crippen LogP contribution is 2.29. The lowest BCUT2D eigenvalue weighted by atomic mass is 10.0. The molecule has 1 unspecified atom stereocenters. The first kappa shape index (κ1) is 26.6. The van der Waals surface area contributed by atoms with E-state index in [0.29, 0.717) is 12.5 Å². The van der Waals surface area contributed by atoms with E-state index in [4.69, 9.17) is 5.11 Å². The van der Waals surface area contributed by atoms with Crippen molar-refractivity contribution in [1.29, 1.82) is 0 Å². The molecule has 0 aliphatic carbocycles. The SMILES string of the molecule is CCCCCCCCCCCCCCCC(=O)O.CN1CCCC1c1cccnc1. The van der Waals surface area contributed by atoms with Gasteiger partial charge in [0.15, 0.2) is 0 Å². The fraction of sp³-hybridized carbons (Fsp3) is 0.769. The maximum Gasteiger partial charge on any atom is 0.303 e. The molecule has 1 aromatic rings. The van der Waals surface area contributed by atoms with Gasteiger partial charge in [0, 0.05) is 24.9 Å². The Hall–Kier alpha value is -1.42. The second-order valence-electron chi connectivity index (χ2n) is 8.81. The van der Waals surface area contributed by atoms with Crippen LogP contribution in [0.15, 0.2) is 24.5 Å². The zero-order chi connectivity index (χ0) is 21.9. The van der Waals surface area contributed by atoms with Gasteiger partial charge in [-0.3, -0.25) is 14.7 Å². The summed E-state index contributed by atoms with van der Waals surface area (Å²) in [5.74, 6) is -0.655. The normalized spacial score (nSPS) is 16.3. The van der Waals surface area contributed by atoms with Crippen LogP contribution in [0.1, 0.15) is 121 Å². The number of hydrogen-bond acceptors (Lipinski definition) is 3. The van der Waals surface area contributed by atoms with Crippen molar-refractivity contribution in [3.05, 3.63) is 30.1 Å². The zero-order valence-corrected chi connectivity index (χ0v) is 19.7. The molecule has 1 atom stereocenters. The molecule has 1 saturated heterocycles. The summed E-state index contributed by atoms with van der Waals surface area (Å²) in [6.07, 6.45) is 23.7. The fourth-order valence-corrected chi connectivity index (χ4v) is 4.20. The third kappa shape index (κ3) is 13.7. The van der Waals surface area contributed by atoms with Gasteiger partial charge in [-0.15, -0.1) is 0 Å². The average molecular weight is 419 g/mol. The molecule has 0 aromatic carbocycles. The van der Waals surface area contributed by atoms with Gasteiger partial charge in [0.2, 0.25) is 0 Å². The van der Waals surface area contributed by atoms with E-state index >= 15 is 0 Å². The van der Waals surface area contributed by atoms with E-state index in [9.17, 15) is 4.79 Å². The molecule has 1 aliphatic rings. The number of likely N-dealkylation sites (tertiary alicyclic amines) is 1. The molecule has 0 bridgehead atoms. The lowest BCUT2D eigenvalue weighted by molar-refractivity contribution is -0.137. The molecule has 0 spiro atoms. The van der Waals surface area contributed by atoms with Crippen molar-refractivity contribution >= 4 is 5.97 Å². The van der Waals surface area contributed by atoms with Crippen LogP contribution in [0.5, 0.6) is 0 Å². The summed E-state index contributed by atoms with van der Waals surface area (Å²) >= 11 is 0. The van der Waals surface area contributed by atoms with Gasteiger partial charge < -0.3 is 5.11 Å². The molecule has 1 aromatic heterocycles. The summed E-state index contributed by atoms with van der Waals surface area (Å²) in [7, 11) is 2.19. The van der Waals surface area contributed by atoms with Crippen LogP contribution in [0.4, 0.5) is 0 Å². The summed E-state index contributed by atoms with van der Waals surface area (Å²) < 4.78 is 0. The zero-order valence-electron chi connectivity index (χ0n) is 19.7. The highest BCUT2D eigenvalue weighted by atomic mass is 16.4. The van der Waals surface area contributed by atoms with Crippen LogP contribution < -0.4 is 0 Å². The van der Waals surface area contributed by atoms with Crippen LogP contribution >= 0.6 is 0 Å². The van der Waals surface area contributed by atoms with Gasteiger partial charge >= 0.3 is 5.97 Å². The van der Waals surface area contributed by atoms with Gasteiger partial charge in [-0.05, 0) is 44.5 Å². The molecule has 4 nitrogen and oxygen atoms in total. The van der Waals surface area contributed by atoms with Crippen LogP contribution in [0.3, 0.4) is 0 Å². The first-order valence-electron chi connectivity index (χ1n) is 12.5. The summed E-state index contributed by atoms with van der Waals surface area (Å²) in [6, 6.07) is 4.79. The van der Waals surface area contributed by atoms with Crippen LogP contribution in [0.2, 0.25) is 0 Å². The summed E-state index contributed by atoms with van der Waals surface area (Å²) in [5, 5.41) is 8.49. The number of aromatic nitrogens is 1. The molecule has 172 valence electrons. The minimum Gasteiger partial charge on any atom is -0.481 e. The molecule has 0 amide bonds. The van der Waals surface area contributed by atoms with Crippen LogP contribution in [0, 0.1) is 0 Å². The quantitative estimate of drug-likeness (QED) is 0.301. The maximum atomic E-state index is 10.3. The Kier molecular flexibility index (Phi) is 16.3. The molecular formula is C26H46N2O2. The second kappa shape index (κ2) is 18.4. The van der Waals surface area contributed by atoms with Gasteiger partial charge in [0.1, 0.15) is 0 Å². The Morgan fingerprint density at radius 3 is 2.00 bits per heavy atom. The van der Waals surface area contributed by atoms with Crippen LogP contribution in [0.25, 0.3) is 0 Å². The lowest BCUT2D eigenvalue weighted by Gasteiger charge is -2.18. The van der Waals surface area contributed by atoms with Crippen molar-refractivity contribution in [3.8, 4) is 0 Å². The third-order valence-electron chi connectivity index (χ3n) is 6.08. The smallest absolute Gasteiger partial charge is 0.303 e. The predicted octanol–water partition coefficient (Wildman–Crippen LogP) is 7.40. The van der Waals surface area contributed by atoms with Crippen molar-refractivity contribution in [2.45, 2.75) is 116 Å². The van der Waals surface area contributed by atoms with Crippen molar-refractivity contribution in [2.75, 3.05) is 13.6 Å². The van der Waals surface area contributed by atoms with Crippen molar-refractivity contribution in [3.63, 3.8) is 0 Å². The Bertz CT molecular complexity index is 521. The highest BCUT2D eigenvalue weighted by Gasteiger charge is 2.21. The largest absolute Gasteiger partial charge is 0.481 e. The van der Waals surface area contributed by atoms with E-state index < -0.39 is 5.97 Å². The first-order chi connectivity index (χ1) is 14.6. The molecule has 1 fully saturated rings. The molecule has 4 heteroatoms. The van der Waals surface area contributed by atoms with E-state index in [1.54, 1.807) is 0 Å². The van der Waals surface area contributed by atoms with Crippen molar-refractivity contribution < 1.29 is 9.90 Å². The highest BCUT2D eigenvalue weighted by molar-refractivity contribution is 5.66. The standard InChI is InChI=1S/C16H32O2.C10H14N2/c1-2-3-4-5-6-7-8-9-10-11-12-13-14-15-16(17)18;1-12-7-3-5-10(12)9-4-2-6-11-8-9/h2-15H2,1H3,(H,17,18);2,4,6,8,10H,3,5,7H2,1H3. The molecule has 1 N–H and O–H groups in total. The topological polar surface area (TPSA) is 53.4 Å². The predicted molar refractivity (Wildman–Crippen MR) is 127 cm³/mol. The van der Waals surface area contributed by atoms with Gasteiger partial charge in [0.25, 0.3) is 0 Å². The number of hydrogen-bond donors (Lipinski definition) is 1. The van der Waals surface area contributed by atoms with Gasteiger partial charge in [-0.2, -0.15) is 0 Å². The Morgan fingerprint density at radius 1 is 1.00 bits per heavy atom. The van der Waals surface area contributed by atoms with Crippen molar-refractivity contribution in [1.82, 2.24) is 9.88 Å². The van der Waals surface area contributed by atoms with E-state index in [0.717, 1.165) is 12.8 Å². The molecule has 30 heavy (non-hydrogen) atoms. The number of unbranched alkanes of at least 4 members (excludes halogenated alkanes) is 12.